The Morgan fingerprint density at radius 3 is 2.50 bits per heavy atom. The fourth-order valence-electron chi connectivity index (χ4n) is 1.98. The molecule has 5 heteroatoms. The van der Waals surface area contributed by atoms with Crippen molar-refractivity contribution in [2.75, 3.05) is 0 Å². The predicted molar refractivity (Wildman–Crippen MR) is 66.7 cm³/mol. The van der Waals surface area contributed by atoms with Gasteiger partial charge >= 0.3 is 11.9 Å². The maximum Gasteiger partial charge on any atom is 0.330 e. The van der Waals surface area contributed by atoms with Gasteiger partial charge in [0.15, 0.2) is 0 Å². The summed E-state index contributed by atoms with van der Waals surface area (Å²) >= 11 is 0. The van der Waals surface area contributed by atoms with Crippen molar-refractivity contribution < 1.29 is 19.5 Å². The van der Waals surface area contributed by atoms with Gasteiger partial charge in [-0.3, -0.25) is 4.79 Å². The lowest BCUT2D eigenvalue weighted by molar-refractivity contribution is -0.168. The standard InChI is InChI=1S/C13H23NO4/c1-4-13(2,3)12(17)18-14-10-8-6-5-7-9(10)11(15)16/h9-10,14H,4-8H2,1-3H3,(H,15,16). The van der Waals surface area contributed by atoms with Crippen LogP contribution < -0.4 is 5.48 Å². The number of carboxylic acids is 1. The molecule has 0 aromatic heterocycles. The fourth-order valence-corrected chi connectivity index (χ4v) is 1.98. The van der Waals surface area contributed by atoms with E-state index in [-0.39, 0.29) is 12.0 Å². The second-order valence-corrected chi connectivity index (χ2v) is 5.58. The van der Waals surface area contributed by atoms with E-state index in [2.05, 4.69) is 5.48 Å². The number of hydroxylamine groups is 1. The number of hydrogen-bond acceptors (Lipinski definition) is 4. The van der Waals surface area contributed by atoms with Gasteiger partial charge in [0, 0.05) is 0 Å². The van der Waals surface area contributed by atoms with Gasteiger partial charge in [0.05, 0.1) is 17.4 Å². The van der Waals surface area contributed by atoms with Crippen LogP contribution in [0.1, 0.15) is 52.9 Å². The molecule has 18 heavy (non-hydrogen) atoms. The Hall–Kier alpha value is -1.10. The van der Waals surface area contributed by atoms with Crippen LogP contribution in [0.15, 0.2) is 0 Å². The third-order valence-corrected chi connectivity index (χ3v) is 3.82. The van der Waals surface area contributed by atoms with E-state index < -0.39 is 17.3 Å². The third-order valence-electron chi connectivity index (χ3n) is 3.82. The summed E-state index contributed by atoms with van der Waals surface area (Å²) in [4.78, 5) is 27.9. The molecule has 0 amide bonds. The van der Waals surface area contributed by atoms with Crippen LogP contribution in [-0.2, 0) is 14.4 Å². The Bertz CT molecular complexity index is 314. The highest BCUT2D eigenvalue weighted by Gasteiger charge is 2.33. The van der Waals surface area contributed by atoms with E-state index in [0.717, 1.165) is 19.3 Å². The van der Waals surface area contributed by atoms with Gasteiger partial charge in [-0.1, -0.05) is 19.8 Å². The summed E-state index contributed by atoms with van der Waals surface area (Å²) < 4.78 is 0. The van der Waals surface area contributed by atoms with Gasteiger partial charge < -0.3 is 9.94 Å². The number of aliphatic carboxylic acids is 1. The zero-order valence-corrected chi connectivity index (χ0v) is 11.4. The summed E-state index contributed by atoms with van der Waals surface area (Å²) in [5, 5.41) is 9.10. The zero-order valence-electron chi connectivity index (χ0n) is 11.4. The first kappa shape index (κ1) is 15.0. The minimum atomic E-state index is -0.821. The molecule has 2 unspecified atom stereocenters. The molecule has 1 fully saturated rings. The van der Waals surface area contributed by atoms with Crippen LogP contribution in [0.25, 0.3) is 0 Å². The van der Waals surface area contributed by atoms with E-state index in [4.69, 9.17) is 9.94 Å². The molecule has 1 rings (SSSR count). The summed E-state index contributed by atoms with van der Waals surface area (Å²) in [6.07, 6.45) is 3.94. The van der Waals surface area contributed by atoms with Crippen molar-refractivity contribution in [3.05, 3.63) is 0 Å². The highest BCUT2D eigenvalue weighted by atomic mass is 16.7. The van der Waals surface area contributed by atoms with Crippen LogP contribution in [-0.4, -0.2) is 23.1 Å². The van der Waals surface area contributed by atoms with Crippen LogP contribution in [0.5, 0.6) is 0 Å². The number of rotatable bonds is 5. The van der Waals surface area contributed by atoms with Gasteiger partial charge in [0.1, 0.15) is 0 Å². The van der Waals surface area contributed by atoms with E-state index in [1.165, 1.54) is 0 Å². The monoisotopic (exact) mass is 257 g/mol. The average Bonchev–Trinajstić information content (AvgIpc) is 2.36. The third kappa shape index (κ3) is 3.70. The fraction of sp³-hybridized carbons (Fsp3) is 0.846. The van der Waals surface area contributed by atoms with Crippen LogP contribution >= 0.6 is 0 Å². The Kier molecular flexibility index (Phi) is 5.14. The van der Waals surface area contributed by atoms with E-state index >= 15 is 0 Å². The van der Waals surface area contributed by atoms with E-state index in [9.17, 15) is 9.59 Å². The molecular weight excluding hydrogens is 234 g/mol. The maximum atomic E-state index is 11.8. The summed E-state index contributed by atoms with van der Waals surface area (Å²) in [5.41, 5.74) is 2.12. The van der Waals surface area contributed by atoms with Crippen LogP contribution in [0, 0.1) is 11.3 Å². The van der Waals surface area contributed by atoms with Crippen molar-refractivity contribution in [1.82, 2.24) is 5.48 Å². The van der Waals surface area contributed by atoms with Gasteiger partial charge in [-0.2, -0.15) is 0 Å². The molecule has 104 valence electrons. The summed E-state index contributed by atoms with van der Waals surface area (Å²) in [7, 11) is 0. The maximum absolute atomic E-state index is 11.8. The number of hydrogen-bond donors (Lipinski definition) is 2. The van der Waals surface area contributed by atoms with Crippen molar-refractivity contribution in [2.24, 2.45) is 11.3 Å². The second-order valence-electron chi connectivity index (χ2n) is 5.58. The van der Waals surface area contributed by atoms with Crippen LogP contribution in [0.2, 0.25) is 0 Å². The summed E-state index contributed by atoms with van der Waals surface area (Å²) in [6, 6.07) is -0.271. The van der Waals surface area contributed by atoms with Crippen molar-refractivity contribution in [1.29, 1.82) is 0 Å². The molecule has 2 N–H and O–H groups in total. The van der Waals surface area contributed by atoms with Crippen molar-refractivity contribution >= 4 is 11.9 Å². The van der Waals surface area contributed by atoms with Crippen LogP contribution in [0.4, 0.5) is 0 Å². The smallest absolute Gasteiger partial charge is 0.330 e. The molecular formula is C13H23NO4. The van der Waals surface area contributed by atoms with Gasteiger partial charge in [-0.25, -0.2) is 4.79 Å². The predicted octanol–water partition coefficient (Wildman–Crippen LogP) is 2.11. The number of nitrogens with one attached hydrogen (secondary N) is 1. The molecule has 0 aliphatic heterocycles. The highest BCUT2D eigenvalue weighted by molar-refractivity contribution is 5.75. The molecule has 0 heterocycles. The average molecular weight is 257 g/mol. The van der Waals surface area contributed by atoms with E-state index in [1.807, 2.05) is 20.8 Å². The van der Waals surface area contributed by atoms with Crippen molar-refractivity contribution in [2.45, 2.75) is 58.9 Å². The van der Waals surface area contributed by atoms with E-state index in [0.29, 0.717) is 12.8 Å². The minimum Gasteiger partial charge on any atom is -0.481 e. The Labute approximate surface area is 108 Å². The van der Waals surface area contributed by atoms with E-state index in [1.54, 1.807) is 0 Å². The zero-order chi connectivity index (χ0) is 13.8. The lowest BCUT2D eigenvalue weighted by Crippen LogP contribution is -2.44. The summed E-state index contributed by atoms with van der Waals surface area (Å²) in [5.74, 6) is -1.62. The Morgan fingerprint density at radius 2 is 1.94 bits per heavy atom. The molecule has 5 nitrogen and oxygen atoms in total. The summed E-state index contributed by atoms with van der Waals surface area (Å²) in [6.45, 7) is 5.54. The Balaban J connectivity index is 2.51. The first-order valence-electron chi connectivity index (χ1n) is 6.58. The molecule has 0 aromatic rings. The molecule has 1 aliphatic rings. The molecule has 0 bridgehead atoms. The van der Waals surface area contributed by atoms with Gasteiger partial charge in [-0.05, 0) is 33.1 Å². The molecule has 2 atom stereocenters. The van der Waals surface area contributed by atoms with Crippen molar-refractivity contribution in [3.8, 4) is 0 Å². The topological polar surface area (TPSA) is 75.6 Å². The molecule has 0 radical (unpaired) electrons. The molecule has 1 aliphatic carbocycles. The lowest BCUT2D eigenvalue weighted by atomic mass is 9.85. The second kappa shape index (κ2) is 6.18. The number of carbonyl (C=O) groups is 2. The largest absolute Gasteiger partial charge is 0.481 e. The van der Waals surface area contributed by atoms with Crippen molar-refractivity contribution in [3.63, 3.8) is 0 Å². The molecule has 0 aromatic carbocycles. The number of carbonyl (C=O) groups excluding carboxylic acids is 1. The first-order chi connectivity index (χ1) is 8.38. The quantitative estimate of drug-likeness (QED) is 0.738. The SMILES string of the molecule is CCC(C)(C)C(=O)ONC1CCCCC1C(=O)O. The van der Waals surface area contributed by atoms with Gasteiger partial charge in [0.25, 0.3) is 0 Å². The van der Waals surface area contributed by atoms with Crippen LogP contribution in [0.3, 0.4) is 0 Å². The van der Waals surface area contributed by atoms with Gasteiger partial charge in [-0.15, -0.1) is 5.48 Å². The lowest BCUT2D eigenvalue weighted by Gasteiger charge is -2.29. The Morgan fingerprint density at radius 1 is 1.33 bits per heavy atom. The first-order valence-corrected chi connectivity index (χ1v) is 6.58. The molecule has 0 saturated heterocycles. The normalized spacial score (nSPS) is 24.6. The molecule has 0 spiro atoms. The highest BCUT2D eigenvalue weighted by Crippen LogP contribution is 2.26. The minimum absolute atomic E-state index is 0.271. The number of carboxylic acid groups (broad SMARTS) is 1. The molecule has 1 saturated carbocycles. The van der Waals surface area contributed by atoms with Gasteiger partial charge in [0.2, 0.25) is 0 Å².